The number of amides is 2. The highest BCUT2D eigenvalue weighted by molar-refractivity contribution is 6.07. The number of carboxylic acid groups (broad SMARTS) is 1. The molecule has 0 spiro atoms. The minimum absolute atomic E-state index is 0.0436. The van der Waals surface area contributed by atoms with Gasteiger partial charge >= 0.3 is 5.97 Å². The lowest BCUT2D eigenvalue weighted by Gasteiger charge is -2.05. The Morgan fingerprint density at radius 3 is 2.73 bits per heavy atom. The zero-order valence-corrected chi connectivity index (χ0v) is 11.7. The highest BCUT2D eigenvalue weighted by Crippen LogP contribution is 2.15. The van der Waals surface area contributed by atoms with Crippen LogP contribution in [0, 0.1) is 0 Å². The van der Waals surface area contributed by atoms with Gasteiger partial charge in [0.05, 0.1) is 5.69 Å². The molecule has 2 aromatic heterocycles. The molecule has 2 rings (SSSR count). The molecule has 0 unspecified atom stereocenters. The Hall–Kier alpha value is -3.17. The van der Waals surface area contributed by atoms with Crippen molar-refractivity contribution in [2.45, 2.75) is 20.0 Å². The normalized spacial score (nSPS) is 10.4. The molecule has 10 nitrogen and oxygen atoms in total. The molecule has 22 heavy (non-hydrogen) atoms. The van der Waals surface area contributed by atoms with Gasteiger partial charge in [-0.1, -0.05) is 0 Å². The Balaban J connectivity index is 2.26. The second kappa shape index (κ2) is 6.08. The number of carboxylic acids is 1. The van der Waals surface area contributed by atoms with Crippen LogP contribution < -0.4 is 11.1 Å². The molecule has 2 amide bonds. The summed E-state index contributed by atoms with van der Waals surface area (Å²) in [5, 5.41) is 19.0. The zero-order chi connectivity index (χ0) is 16.3. The van der Waals surface area contributed by atoms with Crippen LogP contribution in [0.5, 0.6) is 0 Å². The van der Waals surface area contributed by atoms with Crippen molar-refractivity contribution in [2.75, 3.05) is 5.32 Å². The third-order valence-electron chi connectivity index (χ3n) is 2.80. The standard InChI is InChI=1S/C12H14N6O4/c1-2-17-5-7(10(16-17)11(13)21)15-12(22)8-3-4-14-18(8)6-9(19)20/h3-5H,2,6H2,1H3,(H2,13,21)(H,15,22)(H,19,20). The Morgan fingerprint density at radius 2 is 2.14 bits per heavy atom. The molecule has 0 atom stereocenters. The Labute approximate surface area is 124 Å². The molecule has 0 saturated heterocycles. The molecule has 2 aromatic rings. The van der Waals surface area contributed by atoms with E-state index in [-0.39, 0.29) is 17.1 Å². The summed E-state index contributed by atoms with van der Waals surface area (Å²) in [6.07, 6.45) is 2.78. The quantitative estimate of drug-likeness (QED) is 0.658. The van der Waals surface area contributed by atoms with E-state index in [9.17, 15) is 14.4 Å². The summed E-state index contributed by atoms with van der Waals surface area (Å²) in [7, 11) is 0. The van der Waals surface area contributed by atoms with Gasteiger partial charge in [-0.3, -0.25) is 19.1 Å². The van der Waals surface area contributed by atoms with Crippen molar-refractivity contribution in [1.29, 1.82) is 0 Å². The van der Waals surface area contributed by atoms with Crippen molar-refractivity contribution in [3.05, 3.63) is 29.8 Å². The smallest absolute Gasteiger partial charge is 0.325 e. The van der Waals surface area contributed by atoms with Gasteiger partial charge in [-0.2, -0.15) is 10.2 Å². The Morgan fingerprint density at radius 1 is 1.41 bits per heavy atom. The predicted octanol–water partition coefficient (Wildman–Crippen LogP) is -0.465. The lowest BCUT2D eigenvalue weighted by Crippen LogP contribution is -2.22. The number of hydrogen-bond acceptors (Lipinski definition) is 5. The van der Waals surface area contributed by atoms with Crippen LogP contribution in [0.4, 0.5) is 5.69 Å². The number of nitrogens with one attached hydrogen (secondary N) is 1. The first-order valence-electron chi connectivity index (χ1n) is 6.34. The molecular formula is C12H14N6O4. The van der Waals surface area contributed by atoms with Crippen molar-refractivity contribution < 1.29 is 19.5 Å². The van der Waals surface area contributed by atoms with Gasteiger partial charge in [0.15, 0.2) is 5.69 Å². The summed E-state index contributed by atoms with van der Waals surface area (Å²) in [6, 6.07) is 1.37. The van der Waals surface area contributed by atoms with Crippen LogP contribution in [0.1, 0.15) is 27.9 Å². The fourth-order valence-corrected chi connectivity index (χ4v) is 1.82. The molecule has 0 aromatic carbocycles. The van der Waals surface area contributed by atoms with Crippen LogP contribution in [0.2, 0.25) is 0 Å². The van der Waals surface area contributed by atoms with E-state index in [1.807, 2.05) is 6.92 Å². The van der Waals surface area contributed by atoms with Crippen LogP contribution in [0.15, 0.2) is 18.5 Å². The number of aromatic nitrogens is 4. The van der Waals surface area contributed by atoms with Gasteiger partial charge in [0.1, 0.15) is 12.2 Å². The van der Waals surface area contributed by atoms with Crippen LogP contribution in [0.25, 0.3) is 0 Å². The van der Waals surface area contributed by atoms with E-state index in [4.69, 9.17) is 10.8 Å². The van der Waals surface area contributed by atoms with E-state index in [0.717, 1.165) is 4.68 Å². The molecule has 0 aliphatic heterocycles. The van der Waals surface area contributed by atoms with Gasteiger partial charge in [0.25, 0.3) is 11.8 Å². The SMILES string of the molecule is CCn1cc(NC(=O)c2ccnn2CC(=O)O)c(C(N)=O)n1. The van der Waals surface area contributed by atoms with Gasteiger partial charge in [-0.05, 0) is 13.0 Å². The number of rotatable bonds is 6. The van der Waals surface area contributed by atoms with E-state index >= 15 is 0 Å². The first-order valence-corrected chi connectivity index (χ1v) is 6.34. The average Bonchev–Trinajstić information content (AvgIpc) is 3.04. The molecule has 0 radical (unpaired) electrons. The van der Waals surface area contributed by atoms with Gasteiger partial charge in [-0.15, -0.1) is 0 Å². The summed E-state index contributed by atoms with van der Waals surface area (Å²) >= 11 is 0. The molecule has 0 saturated carbocycles. The summed E-state index contributed by atoms with van der Waals surface area (Å²) in [6.45, 7) is 1.85. The van der Waals surface area contributed by atoms with E-state index in [2.05, 4.69) is 15.5 Å². The predicted molar refractivity (Wildman–Crippen MR) is 74.2 cm³/mol. The minimum Gasteiger partial charge on any atom is -0.480 e. The van der Waals surface area contributed by atoms with Crippen LogP contribution >= 0.6 is 0 Å². The second-order valence-corrected chi connectivity index (χ2v) is 4.33. The molecule has 0 aliphatic carbocycles. The van der Waals surface area contributed by atoms with Crippen molar-refractivity contribution >= 4 is 23.5 Å². The Kier molecular flexibility index (Phi) is 4.20. The summed E-state index contributed by atoms with van der Waals surface area (Å²) in [5.41, 5.74) is 5.34. The van der Waals surface area contributed by atoms with E-state index < -0.39 is 24.3 Å². The average molecular weight is 306 g/mol. The number of carbonyl (C=O) groups excluding carboxylic acids is 2. The topological polar surface area (TPSA) is 145 Å². The van der Waals surface area contributed by atoms with Gasteiger partial charge in [-0.25, -0.2) is 4.68 Å². The fourth-order valence-electron chi connectivity index (χ4n) is 1.82. The van der Waals surface area contributed by atoms with Gasteiger partial charge in [0, 0.05) is 18.9 Å². The maximum atomic E-state index is 12.2. The number of nitrogens with two attached hydrogens (primary N) is 1. The molecule has 10 heteroatoms. The van der Waals surface area contributed by atoms with Crippen molar-refractivity contribution in [3.63, 3.8) is 0 Å². The highest BCUT2D eigenvalue weighted by atomic mass is 16.4. The van der Waals surface area contributed by atoms with Gasteiger partial charge in [0.2, 0.25) is 0 Å². The van der Waals surface area contributed by atoms with Gasteiger partial charge < -0.3 is 16.2 Å². The fraction of sp³-hybridized carbons (Fsp3) is 0.250. The first-order chi connectivity index (χ1) is 10.4. The van der Waals surface area contributed by atoms with Crippen molar-refractivity contribution in [3.8, 4) is 0 Å². The van der Waals surface area contributed by atoms with Crippen molar-refractivity contribution in [1.82, 2.24) is 19.6 Å². The maximum absolute atomic E-state index is 12.2. The third kappa shape index (κ3) is 3.11. The molecule has 0 bridgehead atoms. The maximum Gasteiger partial charge on any atom is 0.325 e. The van der Waals surface area contributed by atoms with Crippen LogP contribution in [-0.2, 0) is 17.9 Å². The molecular weight excluding hydrogens is 292 g/mol. The molecule has 2 heterocycles. The summed E-state index contributed by atoms with van der Waals surface area (Å²) in [4.78, 5) is 34.2. The highest BCUT2D eigenvalue weighted by Gasteiger charge is 2.19. The lowest BCUT2D eigenvalue weighted by atomic mass is 10.3. The lowest BCUT2D eigenvalue weighted by molar-refractivity contribution is -0.137. The number of nitrogens with zero attached hydrogens (tertiary/aromatic N) is 4. The van der Waals surface area contributed by atoms with E-state index in [1.165, 1.54) is 23.1 Å². The molecule has 116 valence electrons. The second-order valence-electron chi connectivity index (χ2n) is 4.33. The molecule has 0 aliphatic rings. The largest absolute Gasteiger partial charge is 0.480 e. The zero-order valence-electron chi connectivity index (χ0n) is 11.7. The number of aryl methyl sites for hydroxylation is 1. The number of carbonyl (C=O) groups is 3. The molecule has 0 fully saturated rings. The van der Waals surface area contributed by atoms with Crippen LogP contribution in [0.3, 0.4) is 0 Å². The van der Waals surface area contributed by atoms with E-state index in [1.54, 1.807) is 0 Å². The number of aliphatic carboxylic acids is 1. The summed E-state index contributed by atoms with van der Waals surface area (Å²) < 4.78 is 2.48. The van der Waals surface area contributed by atoms with Crippen molar-refractivity contribution in [2.24, 2.45) is 5.73 Å². The summed E-state index contributed by atoms with van der Waals surface area (Å²) in [5.74, 6) is -2.52. The number of hydrogen-bond donors (Lipinski definition) is 3. The number of primary amides is 1. The Bertz CT molecular complexity index is 732. The minimum atomic E-state index is -1.13. The van der Waals surface area contributed by atoms with E-state index in [0.29, 0.717) is 6.54 Å². The molecule has 4 N–H and O–H groups in total. The third-order valence-corrected chi connectivity index (χ3v) is 2.80. The monoisotopic (exact) mass is 306 g/mol. The van der Waals surface area contributed by atoms with Crippen LogP contribution in [-0.4, -0.2) is 42.5 Å². The first kappa shape index (κ1) is 15.2. The number of anilines is 1.